The first kappa shape index (κ1) is 25.5. The van der Waals surface area contributed by atoms with E-state index in [1.54, 1.807) is 17.9 Å². The second kappa shape index (κ2) is 9.83. The Labute approximate surface area is 208 Å². The first-order valence-corrected chi connectivity index (χ1v) is 11.8. The summed E-state index contributed by atoms with van der Waals surface area (Å²) in [5.74, 6) is -2.26. The van der Waals surface area contributed by atoms with Gasteiger partial charge in [0, 0.05) is 18.8 Å². The van der Waals surface area contributed by atoms with E-state index in [0.29, 0.717) is 12.1 Å². The zero-order valence-electron chi connectivity index (χ0n) is 20.6. The van der Waals surface area contributed by atoms with Gasteiger partial charge >= 0.3 is 12.6 Å². The summed E-state index contributed by atoms with van der Waals surface area (Å²) >= 11 is 0. The molecule has 0 spiro atoms. The van der Waals surface area contributed by atoms with Crippen LogP contribution in [0, 0.1) is 18.8 Å². The second-order valence-electron chi connectivity index (χ2n) is 9.63. The zero-order chi connectivity index (χ0) is 26.2. The molecular weight excluding hydrogens is 472 g/mol. The molecule has 1 aromatic heterocycles. The lowest BCUT2D eigenvalue weighted by Gasteiger charge is -2.50. The number of likely N-dealkylation sites (tertiary alicyclic amines) is 1. The van der Waals surface area contributed by atoms with Gasteiger partial charge in [-0.2, -0.15) is 8.78 Å². The van der Waals surface area contributed by atoms with E-state index in [2.05, 4.69) is 15.0 Å². The van der Waals surface area contributed by atoms with Gasteiger partial charge in [-0.3, -0.25) is 14.4 Å². The van der Waals surface area contributed by atoms with Crippen LogP contribution < -0.4 is 10.1 Å². The summed E-state index contributed by atoms with van der Waals surface area (Å²) in [7, 11) is 1.29. The maximum absolute atomic E-state index is 13.8. The fraction of sp³-hybridized carbons (Fsp3) is 0.462. The number of hydrogen-bond acceptors (Lipinski definition) is 6. The summed E-state index contributed by atoms with van der Waals surface area (Å²) < 4.78 is 35.2. The monoisotopic (exact) mass is 501 g/mol. The highest BCUT2D eigenvalue weighted by atomic mass is 19.3. The summed E-state index contributed by atoms with van der Waals surface area (Å²) in [5.41, 5.74) is 1.07. The van der Waals surface area contributed by atoms with E-state index in [1.165, 1.54) is 13.2 Å². The van der Waals surface area contributed by atoms with Crippen LogP contribution in [0.3, 0.4) is 0 Å². The van der Waals surface area contributed by atoms with E-state index in [1.807, 2.05) is 38.1 Å². The molecule has 8 nitrogen and oxygen atoms in total. The molecule has 2 heterocycles. The van der Waals surface area contributed by atoms with Crippen LogP contribution in [0.15, 0.2) is 36.4 Å². The van der Waals surface area contributed by atoms with E-state index in [9.17, 15) is 23.2 Å². The number of anilines is 1. The molecule has 4 rings (SSSR count). The molecule has 1 N–H and O–H groups in total. The maximum Gasteiger partial charge on any atom is 0.388 e. The number of methoxy groups -OCH3 is 1. The van der Waals surface area contributed by atoms with Crippen molar-refractivity contribution in [3.05, 3.63) is 53.2 Å². The number of rotatable bonds is 8. The number of alkyl halides is 2. The molecule has 1 saturated heterocycles. The quantitative estimate of drug-likeness (QED) is 0.555. The standard InChI is InChI=1S/C26H29F2N3O5/c1-14(2)16-7-5-6-8-19(16)26(12-31(13-26)22(32)17-11-18(17)23(33)35-4)24(34)30-20-10-9-15(3)29-21(20)36-25(27)28/h5-10,14,17-18,25H,11-13H2,1-4H3,(H,30,34)/t17-,18+/m1/s1. The van der Waals surface area contributed by atoms with Crippen molar-refractivity contribution < 1.29 is 32.6 Å². The number of carbonyl (C=O) groups is 3. The van der Waals surface area contributed by atoms with Gasteiger partial charge in [0.25, 0.3) is 0 Å². The summed E-state index contributed by atoms with van der Waals surface area (Å²) in [6.45, 7) is 2.72. The summed E-state index contributed by atoms with van der Waals surface area (Å²) in [6, 6.07) is 10.6. The number of ether oxygens (including phenoxy) is 2. The van der Waals surface area contributed by atoms with Crippen molar-refractivity contribution in [2.75, 3.05) is 25.5 Å². The molecule has 0 bridgehead atoms. The van der Waals surface area contributed by atoms with Crippen molar-refractivity contribution in [3.63, 3.8) is 0 Å². The number of esters is 1. The molecule has 2 fully saturated rings. The minimum Gasteiger partial charge on any atom is -0.469 e. The number of hydrogen-bond donors (Lipinski definition) is 1. The average Bonchev–Trinajstić information content (AvgIpc) is 3.60. The summed E-state index contributed by atoms with van der Waals surface area (Å²) in [6.07, 6.45) is 0.424. The summed E-state index contributed by atoms with van der Waals surface area (Å²) in [4.78, 5) is 44.2. The summed E-state index contributed by atoms with van der Waals surface area (Å²) in [5, 5.41) is 2.72. The minimum atomic E-state index is -3.11. The van der Waals surface area contributed by atoms with Gasteiger partial charge in [0.15, 0.2) is 0 Å². The normalized spacial score (nSPS) is 20.1. The van der Waals surface area contributed by atoms with Crippen LogP contribution in [0.5, 0.6) is 5.88 Å². The molecule has 192 valence electrons. The zero-order valence-corrected chi connectivity index (χ0v) is 20.6. The minimum absolute atomic E-state index is 0.0185. The number of pyridine rings is 1. The Hall–Kier alpha value is -3.56. The van der Waals surface area contributed by atoms with Crippen LogP contribution in [0.2, 0.25) is 0 Å². The van der Waals surface area contributed by atoms with E-state index >= 15 is 0 Å². The van der Waals surface area contributed by atoms with E-state index in [0.717, 1.165) is 11.1 Å². The Morgan fingerprint density at radius 3 is 2.44 bits per heavy atom. The Morgan fingerprint density at radius 1 is 1.11 bits per heavy atom. The Kier molecular flexibility index (Phi) is 6.97. The number of nitrogens with one attached hydrogen (secondary N) is 1. The molecule has 10 heteroatoms. The number of nitrogens with zero attached hydrogens (tertiary/aromatic N) is 2. The highest BCUT2D eigenvalue weighted by Crippen LogP contribution is 2.46. The third-order valence-electron chi connectivity index (χ3n) is 6.83. The van der Waals surface area contributed by atoms with Gasteiger partial charge in [0.2, 0.25) is 17.7 Å². The van der Waals surface area contributed by atoms with Crippen molar-refractivity contribution in [1.29, 1.82) is 0 Å². The lowest BCUT2D eigenvalue weighted by Crippen LogP contribution is -2.67. The molecule has 2 aliphatic rings. The molecule has 36 heavy (non-hydrogen) atoms. The molecule has 1 aliphatic carbocycles. The van der Waals surface area contributed by atoms with Crippen molar-refractivity contribution in [3.8, 4) is 5.88 Å². The number of carbonyl (C=O) groups excluding carboxylic acids is 3. The lowest BCUT2D eigenvalue weighted by atomic mass is 9.69. The van der Waals surface area contributed by atoms with Gasteiger partial charge in [0.1, 0.15) is 11.1 Å². The highest BCUT2D eigenvalue weighted by Gasteiger charge is 2.58. The lowest BCUT2D eigenvalue weighted by molar-refractivity contribution is -0.149. The largest absolute Gasteiger partial charge is 0.469 e. The highest BCUT2D eigenvalue weighted by molar-refractivity contribution is 6.03. The number of benzene rings is 1. The van der Waals surface area contributed by atoms with Gasteiger partial charge in [-0.25, -0.2) is 4.98 Å². The Morgan fingerprint density at radius 2 is 1.81 bits per heavy atom. The van der Waals surface area contributed by atoms with Crippen molar-refractivity contribution >= 4 is 23.5 Å². The van der Waals surface area contributed by atoms with Crippen LogP contribution >= 0.6 is 0 Å². The first-order valence-electron chi connectivity index (χ1n) is 11.8. The molecule has 1 saturated carbocycles. The topological polar surface area (TPSA) is 97.8 Å². The fourth-order valence-electron chi connectivity index (χ4n) is 4.79. The van der Waals surface area contributed by atoms with Gasteiger partial charge in [-0.05, 0) is 42.5 Å². The number of halogens is 2. The molecule has 2 amide bonds. The van der Waals surface area contributed by atoms with Crippen LogP contribution in [0.25, 0.3) is 0 Å². The molecule has 0 unspecified atom stereocenters. The van der Waals surface area contributed by atoms with E-state index < -0.39 is 35.7 Å². The van der Waals surface area contributed by atoms with Gasteiger partial charge in [0.05, 0.1) is 18.9 Å². The molecule has 2 aromatic rings. The molecule has 1 aliphatic heterocycles. The smallest absolute Gasteiger partial charge is 0.388 e. The molecule has 2 atom stereocenters. The predicted octanol–water partition coefficient (Wildman–Crippen LogP) is 3.64. The predicted molar refractivity (Wildman–Crippen MR) is 127 cm³/mol. The van der Waals surface area contributed by atoms with Gasteiger partial charge in [-0.1, -0.05) is 38.1 Å². The van der Waals surface area contributed by atoms with Crippen LogP contribution in [-0.4, -0.2) is 54.5 Å². The van der Waals surface area contributed by atoms with Gasteiger partial charge < -0.3 is 19.7 Å². The number of aromatic nitrogens is 1. The average molecular weight is 502 g/mol. The molecule has 1 aromatic carbocycles. The Balaban J connectivity index is 1.63. The number of amides is 2. The third-order valence-corrected chi connectivity index (χ3v) is 6.83. The maximum atomic E-state index is 13.8. The van der Waals surface area contributed by atoms with Crippen molar-refractivity contribution in [2.45, 2.75) is 45.1 Å². The Bertz CT molecular complexity index is 1180. The number of aryl methyl sites for hydroxylation is 1. The van der Waals surface area contributed by atoms with Crippen molar-refractivity contribution in [1.82, 2.24) is 9.88 Å². The molecular formula is C26H29F2N3O5. The van der Waals surface area contributed by atoms with Crippen LogP contribution in [0.1, 0.15) is 43.0 Å². The fourth-order valence-corrected chi connectivity index (χ4v) is 4.79. The third kappa shape index (κ3) is 4.76. The SMILES string of the molecule is COC(=O)[C@H]1C[C@H]1C(=O)N1CC(C(=O)Nc2ccc(C)nc2OC(F)F)(c2ccccc2C(C)C)C1. The van der Waals surface area contributed by atoms with Gasteiger partial charge in [-0.15, -0.1) is 0 Å². The second-order valence-corrected chi connectivity index (χ2v) is 9.63. The van der Waals surface area contributed by atoms with Crippen LogP contribution in [0.4, 0.5) is 14.5 Å². The first-order chi connectivity index (χ1) is 17.1. The molecule has 0 radical (unpaired) electrons. The van der Waals surface area contributed by atoms with Crippen LogP contribution in [-0.2, 0) is 24.5 Å². The van der Waals surface area contributed by atoms with Crippen molar-refractivity contribution in [2.24, 2.45) is 11.8 Å². The van der Waals surface area contributed by atoms with E-state index in [-0.39, 0.29) is 36.5 Å². The van der Waals surface area contributed by atoms with E-state index in [4.69, 9.17) is 4.74 Å².